The molecule has 0 bridgehead atoms. The number of aromatic nitrogens is 2. The molecule has 7 heteroatoms. The Labute approximate surface area is 181 Å². The normalized spacial score (nSPS) is 21.1. The monoisotopic (exact) mass is 418 g/mol. The number of ether oxygens (including phenoxy) is 1. The van der Waals surface area contributed by atoms with Crippen LogP contribution in [0, 0.1) is 5.92 Å². The summed E-state index contributed by atoms with van der Waals surface area (Å²) < 4.78 is 7.14. The summed E-state index contributed by atoms with van der Waals surface area (Å²) in [4.78, 5) is 34.8. The van der Waals surface area contributed by atoms with Crippen LogP contribution in [0.1, 0.15) is 40.1 Å². The molecule has 0 saturated carbocycles. The third-order valence-corrected chi connectivity index (χ3v) is 6.52. The summed E-state index contributed by atoms with van der Waals surface area (Å²) in [6.45, 7) is 2.07. The fourth-order valence-electron chi connectivity index (χ4n) is 4.96. The second-order valence-corrected chi connectivity index (χ2v) is 8.33. The molecule has 4 heterocycles. The van der Waals surface area contributed by atoms with Gasteiger partial charge < -0.3 is 18.9 Å². The smallest absolute Gasteiger partial charge is 0.274 e. The van der Waals surface area contributed by atoms with Gasteiger partial charge in [-0.1, -0.05) is 12.1 Å². The first-order valence-electron chi connectivity index (χ1n) is 10.8. The Morgan fingerprint density at radius 3 is 2.81 bits per heavy atom. The number of rotatable bonds is 3. The molecule has 2 saturated heterocycles. The van der Waals surface area contributed by atoms with Crippen molar-refractivity contribution in [1.29, 1.82) is 0 Å². The zero-order valence-corrected chi connectivity index (χ0v) is 17.6. The molecule has 0 unspecified atom stereocenters. The van der Waals surface area contributed by atoms with Crippen molar-refractivity contribution in [3.8, 4) is 5.75 Å². The lowest BCUT2D eigenvalue weighted by Gasteiger charge is -2.47. The van der Waals surface area contributed by atoms with E-state index in [9.17, 15) is 9.59 Å². The quantitative estimate of drug-likeness (QED) is 0.656. The highest BCUT2D eigenvalue weighted by atomic mass is 16.5. The van der Waals surface area contributed by atoms with E-state index in [0.29, 0.717) is 30.1 Å². The molecule has 1 aromatic carbocycles. The average Bonchev–Trinajstić information content (AvgIpc) is 3.27. The summed E-state index contributed by atoms with van der Waals surface area (Å²) in [6.07, 6.45) is 6.48. The average molecular weight is 418 g/mol. The van der Waals surface area contributed by atoms with Crippen molar-refractivity contribution in [2.45, 2.75) is 25.3 Å². The number of benzene rings is 1. The van der Waals surface area contributed by atoms with Crippen molar-refractivity contribution in [2.24, 2.45) is 5.92 Å². The molecule has 0 radical (unpaired) electrons. The molecule has 2 atom stereocenters. The van der Waals surface area contributed by atoms with E-state index < -0.39 is 0 Å². The molecule has 160 valence electrons. The first-order chi connectivity index (χ1) is 15.1. The molecule has 2 amide bonds. The number of imidazole rings is 1. The minimum absolute atomic E-state index is 0.00836. The molecule has 5 rings (SSSR count). The molecule has 0 aliphatic carbocycles. The van der Waals surface area contributed by atoms with Gasteiger partial charge in [-0.05, 0) is 55.5 Å². The lowest BCUT2D eigenvalue weighted by molar-refractivity contribution is 0.0194. The van der Waals surface area contributed by atoms with Crippen molar-refractivity contribution < 1.29 is 14.3 Å². The first kappa shape index (κ1) is 19.6. The molecular formula is C24H26N4O3. The molecule has 2 aromatic heterocycles. The van der Waals surface area contributed by atoms with E-state index in [4.69, 9.17) is 4.74 Å². The van der Waals surface area contributed by atoms with E-state index in [0.717, 1.165) is 31.5 Å². The summed E-state index contributed by atoms with van der Waals surface area (Å²) in [5, 5.41) is 0. The van der Waals surface area contributed by atoms with Gasteiger partial charge in [0.25, 0.3) is 11.8 Å². The van der Waals surface area contributed by atoms with E-state index in [1.807, 2.05) is 63.0 Å². The molecule has 0 N–H and O–H groups in total. The maximum absolute atomic E-state index is 13.3. The molecule has 2 aliphatic heterocycles. The maximum Gasteiger partial charge on any atom is 0.274 e. The largest absolute Gasteiger partial charge is 0.497 e. The van der Waals surface area contributed by atoms with Crippen LogP contribution in [0.25, 0.3) is 5.65 Å². The summed E-state index contributed by atoms with van der Waals surface area (Å²) in [7, 11) is 1.60. The van der Waals surface area contributed by atoms with Crippen LogP contribution in [0.3, 0.4) is 0 Å². The second-order valence-electron chi connectivity index (χ2n) is 8.33. The summed E-state index contributed by atoms with van der Waals surface area (Å²) >= 11 is 0. The Morgan fingerprint density at radius 1 is 1.06 bits per heavy atom. The Balaban J connectivity index is 1.31. The summed E-state index contributed by atoms with van der Waals surface area (Å²) in [6, 6.07) is 13.2. The van der Waals surface area contributed by atoms with Gasteiger partial charge in [-0.2, -0.15) is 0 Å². The lowest BCUT2D eigenvalue weighted by atomic mass is 9.83. The van der Waals surface area contributed by atoms with Crippen LogP contribution in [-0.2, 0) is 0 Å². The third-order valence-electron chi connectivity index (χ3n) is 6.52. The Morgan fingerprint density at radius 2 is 1.97 bits per heavy atom. The van der Waals surface area contributed by atoms with E-state index >= 15 is 0 Å². The summed E-state index contributed by atoms with van der Waals surface area (Å²) in [5.41, 5.74) is 1.91. The van der Waals surface area contributed by atoms with Crippen molar-refractivity contribution in [3.63, 3.8) is 0 Å². The van der Waals surface area contributed by atoms with Crippen LogP contribution in [0.15, 0.2) is 54.9 Å². The van der Waals surface area contributed by atoms with Gasteiger partial charge in [0.1, 0.15) is 17.1 Å². The number of carbonyl (C=O) groups is 2. The molecule has 2 fully saturated rings. The van der Waals surface area contributed by atoms with E-state index in [1.165, 1.54) is 0 Å². The number of nitrogens with zero attached hydrogens (tertiary/aromatic N) is 4. The van der Waals surface area contributed by atoms with Gasteiger partial charge in [-0.3, -0.25) is 9.59 Å². The van der Waals surface area contributed by atoms with Gasteiger partial charge in [-0.15, -0.1) is 0 Å². The van der Waals surface area contributed by atoms with Crippen molar-refractivity contribution in [1.82, 2.24) is 19.2 Å². The van der Waals surface area contributed by atoms with Gasteiger partial charge in [0.15, 0.2) is 0 Å². The van der Waals surface area contributed by atoms with E-state index in [1.54, 1.807) is 13.2 Å². The zero-order valence-electron chi connectivity index (χ0n) is 17.6. The summed E-state index contributed by atoms with van der Waals surface area (Å²) in [5.74, 6) is 0.993. The van der Waals surface area contributed by atoms with Crippen LogP contribution in [0.5, 0.6) is 5.75 Å². The number of fused-ring (bicyclic) bond motifs is 2. The fraction of sp³-hybridized carbons (Fsp3) is 0.375. The second kappa shape index (κ2) is 8.06. The molecule has 7 nitrogen and oxygen atoms in total. The zero-order chi connectivity index (χ0) is 21.4. The highest BCUT2D eigenvalue weighted by molar-refractivity contribution is 5.95. The van der Waals surface area contributed by atoms with Crippen LogP contribution in [0.4, 0.5) is 0 Å². The standard InChI is InChI=1S/C24H26N4O3/c1-31-19-8-4-6-17(14-19)23(29)27-13-10-21-18(15-27)7-5-12-28(21)24(30)20-16-26-11-3-2-9-22(26)25-20/h2-4,6,8-9,11,14,16,18,21H,5,7,10,12-13,15H2,1H3/t18-,21-/m1/s1. The first-order valence-corrected chi connectivity index (χ1v) is 10.8. The predicted octanol–water partition coefficient (Wildman–Crippen LogP) is 3.11. The van der Waals surface area contributed by atoms with E-state index in [2.05, 4.69) is 4.98 Å². The van der Waals surface area contributed by atoms with Crippen LogP contribution in [0.2, 0.25) is 0 Å². The van der Waals surface area contributed by atoms with Gasteiger partial charge in [0.05, 0.1) is 7.11 Å². The molecule has 2 aliphatic rings. The third kappa shape index (κ3) is 3.65. The number of piperidine rings is 2. The number of hydrogen-bond acceptors (Lipinski definition) is 4. The Hall–Kier alpha value is -3.35. The number of hydrogen-bond donors (Lipinski definition) is 0. The van der Waals surface area contributed by atoms with Crippen LogP contribution < -0.4 is 4.74 Å². The van der Waals surface area contributed by atoms with Crippen LogP contribution in [-0.4, -0.2) is 63.8 Å². The van der Waals surface area contributed by atoms with Gasteiger partial charge in [0.2, 0.25) is 0 Å². The number of likely N-dealkylation sites (tertiary alicyclic amines) is 2. The molecule has 0 spiro atoms. The van der Waals surface area contributed by atoms with Crippen molar-refractivity contribution >= 4 is 17.5 Å². The SMILES string of the molecule is COc1cccc(C(=O)N2CC[C@@H]3[C@H](CCCN3C(=O)c3cn4ccccc4n3)C2)c1. The number of methoxy groups -OCH3 is 1. The number of amides is 2. The number of pyridine rings is 1. The lowest BCUT2D eigenvalue weighted by Crippen LogP contribution is -2.56. The van der Waals surface area contributed by atoms with Crippen molar-refractivity contribution in [2.75, 3.05) is 26.7 Å². The van der Waals surface area contributed by atoms with Crippen LogP contribution >= 0.6 is 0 Å². The maximum atomic E-state index is 13.3. The molecule has 31 heavy (non-hydrogen) atoms. The Bertz CT molecular complexity index is 1090. The van der Waals surface area contributed by atoms with Gasteiger partial charge in [-0.25, -0.2) is 4.98 Å². The highest BCUT2D eigenvalue weighted by Crippen LogP contribution is 2.32. The topological polar surface area (TPSA) is 67.2 Å². The minimum atomic E-state index is -0.00836. The molecule has 3 aromatic rings. The predicted molar refractivity (Wildman–Crippen MR) is 116 cm³/mol. The highest BCUT2D eigenvalue weighted by Gasteiger charge is 2.40. The fourth-order valence-corrected chi connectivity index (χ4v) is 4.96. The Kier molecular flexibility index (Phi) is 5.10. The molecular weight excluding hydrogens is 392 g/mol. The number of carbonyl (C=O) groups excluding carboxylic acids is 2. The van der Waals surface area contributed by atoms with Crippen molar-refractivity contribution in [3.05, 3.63) is 66.1 Å². The van der Waals surface area contributed by atoms with Gasteiger partial charge >= 0.3 is 0 Å². The van der Waals surface area contributed by atoms with Gasteiger partial charge in [0, 0.05) is 43.6 Å². The van der Waals surface area contributed by atoms with E-state index in [-0.39, 0.29) is 23.8 Å². The minimum Gasteiger partial charge on any atom is -0.497 e.